The van der Waals surface area contributed by atoms with E-state index in [1.165, 1.54) is 22.7 Å². The quantitative estimate of drug-likeness (QED) is 0.232. The van der Waals surface area contributed by atoms with Gasteiger partial charge in [0.15, 0.2) is 11.6 Å². The van der Waals surface area contributed by atoms with Gasteiger partial charge >= 0.3 is 0 Å². The Morgan fingerprint density at radius 3 is 2.18 bits per heavy atom. The third-order valence-electron chi connectivity index (χ3n) is 5.92. The van der Waals surface area contributed by atoms with E-state index < -0.39 is 51.1 Å². The fourth-order valence-electron chi connectivity index (χ4n) is 3.98. The fraction of sp³-hybridized carbons (Fsp3) is 0.222. The average Bonchev–Trinajstić information content (AvgIpc) is 3.60. The minimum Gasteiger partial charge on any atom is -0.390 e. The number of carbonyl (C=O) groups excluding carboxylic acids is 1. The molecule has 0 saturated heterocycles. The Kier molecular flexibility index (Phi) is 9.57. The lowest BCUT2D eigenvalue weighted by Crippen LogP contribution is -2.50. The molecule has 0 saturated carbocycles. The highest BCUT2D eigenvalue weighted by Crippen LogP contribution is 2.26. The summed E-state index contributed by atoms with van der Waals surface area (Å²) in [5, 5.41) is 17.6. The van der Waals surface area contributed by atoms with E-state index in [9.17, 15) is 31.5 Å². The van der Waals surface area contributed by atoms with Crippen LogP contribution in [-0.2, 0) is 34.2 Å². The Balaban J connectivity index is 1.63. The highest BCUT2D eigenvalue weighted by atomic mass is 32.2. The van der Waals surface area contributed by atoms with E-state index in [1.807, 2.05) is 29.6 Å². The van der Waals surface area contributed by atoms with Crippen LogP contribution in [0.1, 0.15) is 15.3 Å². The molecule has 6 nitrogen and oxygen atoms in total. The Morgan fingerprint density at radius 2 is 1.54 bits per heavy atom. The molecule has 0 aliphatic carbocycles. The topological polar surface area (TPSA) is 86.7 Å². The first kappa shape index (κ1) is 29.0. The van der Waals surface area contributed by atoms with Crippen LogP contribution in [0.25, 0.3) is 0 Å². The van der Waals surface area contributed by atoms with E-state index in [2.05, 4.69) is 5.32 Å². The Bertz CT molecular complexity index is 1480. The number of benzene rings is 2. The van der Waals surface area contributed by atoms with Gasteiger partial charge in [0.25, 0.3) is 0 Å². The van der Waals surface area contributed by atoms with Crippen molar-refractivity contribution in [2.45, 2.75) is 36.4 Å². The fourth-order valence-corrected chi connectivity index (χ4v) is 6.98. The van der Waals surface area contributed by atoms with Crippen LogP contribution in [-0.4, -0.2) is 42.4 Å². The number of nitrogens with one attached hydrogen (secondary N) is 1. The number of aliphatic hydroxyl groups excluding tert-OH is 1. The Hall–Kier alpha value is -3.03. The molecule has 2 unspecified atom stereocenters. The molecule has 0 aliphatic heterocycles. The molecular formula is C27H25F3N2O4S3. The summed E-state index contributed by atoms with van der Waals surface area (Å²) < 4.78 is 69.9. The first-order chi connectivity index (χ1) is 18.6. The van der Waals surface area contributed by atoms with Gasteiger partial charge < -0.3 is 10.4 Å². The predicted molar refractivity (Wildman–Crippen MR) is 144 cm³/mol. The molecule has 2 heterocycles. The van der Waals surface area contributed by atoms with E-state index in [1.54, 1.807) is 35.7 Å². The summed E-state index contributed by atoms with van der Waals surface area (Å²) >= 11 is 2.64. The van der Waals surface area contributed by atoms with Gasteiger partial charge in [0.2, 0.25) is 15.9 Å². The highest BCUT2D eigenvalue weighted by Gasteiger charge is 2.33. The highest BCUT2D eigenvalue weighted by molar-refractivity contribution is 7.89. The molecule has 2 aromatic carbocycles. The monoisotopic (exact) mass is 594 g/mol. The van der Waals surface area contributed by atoms with E-state index >= 15 is 0 Å². The van der Waals surface area contributed by atoms with Gasteiger partial charge in [-0.25, -0.2) is 21.6 Å². The maximum absolute atomic E-state index is 14.6. The van der Waals surface area contributed by atoms with E-state index in [0.29, 0.717) is 4.88 Å². The second-order valence-electron chi connectivity index (χ2n) is 8.76. The molecule has 2 atom stereocenters. The second kappa shape index (κ2) is 12.9. The number of sulfonamides is 1. The van der Waals surface area contributed by atoms with Crippen LogP contribution in [0.3, 0.4) is 0 Å². The Morgan fingerprint density at radius 1 is 0.897 bits per heavy atom. The molecule has 0 fully saturated rings. The molecule has 2 N–H and O–H groups in total. The van der Waals surface area contributed by atoms with Crippen LogP contribution >= 0.6 is 22.7 Å². The molecule has 0 spiro atoms. The van der Waals surface area contributed by atoms with Gasteiger partial charge in [0.1, 0.15) is 10.7 Å². The van der Waals surface area contributed by atoms with Gasteiger partial charge in [0, 0.05) is 28.9 Å². The summed E-state index contributed by atoms with van der Waals surface area (Å²) in [5.74, 6) is -4.86. The van der Waals surface area contributed by atoms with Crippen molar-refractivity contribution in [3.05, 3.63) is 110 Å². The van der Waals surface area contributed by atoms with Crippen LogP contribution in [0, 0.1) is 17.5 Å². The van der Waals surface area contributed by atoms with E-state index in [0.717, 1.165) is 14.7 Å². The molecule has 206 valence electrons. The third-order valence-corrected chi connectivity index (χ3v) is 9.48. The van der Waals surface area contributed by atoms with Crippen LogP contribution < -0.4 is 5.32 Å². The van der Waals surface area contributed by atoms with Gasteiger partial charge in [-0.2, -0.15) is 4.31 Å². The van der Waals surface area contributed by atoms with Gasteiger partial charge in [-0.15, -0.1) is 22.7 Å². The molecule has 4 rings (SSSR count). The van der Waals surface area contributed by atoms with Crippen LogP contribution in [0.2, 0.25) is 0 Å². The zero-order valence-corrected chi connectivity index (χ0v) is 22.9. The zero-order valence-electron chi connectivity index (χ0n) is 20.5. The van der Waals surface area contributed by atoms with Gasteiger partial charge in [0.05, 0.1) is 18.6 Å². The molecule has 2 aromatic heterocycles. The van der Waals surface area contributed by atoms with E-state index in [4.69, 9.17) is 0 Å². The summed E-state index contributed by atoms with van der Waals surface area (Å²) in [5.41, 5.74) is 0.789. The summed E-state index contributed by atoms with van der Waals surface area (Å²) in [7, 11) is -4.73. The van der Waals surface area contributed by atoms with Crippen molar-refractivity contribution in [1.82, 2.24) is 9.62 Å². The number of halogens is 3. The van der Waals surface area contributed by atoms with Crippen molar-refractivity contribution in [2.75, 3.05) is 6.54 Å². The number of hydrogen-bond donors (Lipinski definition) is 2. The maximum Gasteiger partial charge on any atom is 0.246 e. The summed E-state index contributed by atoms with van der Waals surface area (Å²) in [6, 6.07) is 15.6. The standard InChI is InChI=1S/C27H25F3N2O4S3/c28-21-14-23(30)26(15-22(21)29)39(35,36)32(16-20-9-5-11-38-20)17-25(33)24(12-18-6-2-1-3-7-18)31-27(34)13-19-8-4-10-37-19/h1-11,14-15,24-25,33H,12-13,16-17H2,(H,31,34). The largest absolute Gasteiger partial charge is 0.390 e. The van der Waals surface area contributed by atoms with Gasteiger partial charge in [-0.3, -0.25) is 4.79 Å². The lowest BCUT2D eigenvalue weighted by molar-refractivity contribution is -0.122. The van der Waals surface area contributed by atoms with Gasteiger partial charge in [-0.05, 0) is 40.9 Å². The molecule has 39 heavy (non-hydrogen) atoms. The molecule has 0 aliphatic rings. The first-order valence-corrected chi connectivity index (χ1v) is 15.0. The lowest BCUT2D eigenvalue weighted by atomic mass is 10.0. The number of thiophene rings is 2. The molecule has 0 radical (unpaired) electrons. The van der Waals surface area contributed by atoms with Crippen molar-refractivity contribution in [3.63, 3.8) is 0 Å². The molecule has 1 amide bonds. The van der Waals surface area contributed by atoms with Crippen LogP contribution in [0.15, 0.2) is 82.4 Å². The Labute approximate surface area is 232 Å². The van der Waals surface area contributed by atoms with Crippen molar-refractivity contribution < 1.29 is 31.5 Å². The van der Waals surface area contributed by atoms with Gasteiger partial charge in [-0.1, -0.05) is 42.5 Å². The second-order valence-corrected chi connectivity index (χ2v) is 12.7. The maximum atomic E-state index is 14.6. The number of carbonyl (C=O) groups is 1. The van der Waals surface area contributed by atoms with Crippen LogP contribution in [0.5, 0.6) is 0 Å². The smallest absolute Gasteiger partial charge is 0.246 e. The normalized spacial score (nSPS) is 13.4. The third kappa shape index (κ3) is 7.55. The molecule has 0 bridgehead atoms. The van der Waals surface area contributed by atoms with Crippen molar-refractivity contribution in [3.8, 4) is 0 Å². The average molecular weight is 595 g/mol. The van der Waals surface area contributed by atoms with Crippen molar-refractivity contribution in [2.24, 2.45) is 0 Å². The minimum absolute atomic E-state index is 0.0763. The molecule has 12 heteroatoms. The number of aliphatic hydroxyl groups is 1. The molecular weight excluding hydrogens is 570 g/mol. The van der Waals surface area contributed by atoms with Crippen molar-refractivity contribution in [1.29, 1.82) is 0 Å². The first-order valence-electron chi connectivity index (χ1n) is 11.8. The van der Waals surface area contributed by atoms with Crippen LogP contribution in [0.4, 0.5) is 13.2 Å². The number of nitrogens with zero attached hydrogens (tertiary/aromatic N) is 1. The summed E-state index contributed by atoms with van der Waals surface area (Å²) in [6.07, 6.45) is -1.17. The lowest BCUT2D eigenvalue weighted by Gasteiger charge is -2.30. The summed E-state index contributed by atoms with van der Waals surface area (Å²) in [6.45, 7) is -0.799. The SMILES string of the molecule is O=C(Cc1cccs1)NC(Cc1ccccc1)C(O)CN(Cc1cccs1)S(=O)(=O)c1cc(F)c(F)cc1F. The summed E-state index contributed by atoms with van der Waals surface area (Å²) in [4.78, 5) is 13.2. The minimum atomic E-state index is -4.73. The number of amides is 1. The van der Waals surface area contributed by atoms with Crippen molar-refractivity contribution >= 4 is 38.6 Å². The number of hydrogen-bond acceptors (Lipinski definition) is 6. The number of rotatable bonds is 12. The molecule has 4 aromatic rings. The zero-order chi connectivity index (χ0) is 28.0. The predicted octanol–water partition coefficient (Wildman–Crippen LogP) is 4.75. The van der Waals surface area contributed by atoms with E-state index in [-0.39, 0.29) is 37.4 Å².